The van der Waals surface area contributed by atoms with Crippen LogP contribution < -0.4 is 0 Å². The fraction of sp³-hybridized carbons (Fsp3) is 0.444. The Morgan fingerprint density at radius 1 is 1.33 bits per heavy atom. The van der Waals surface area contributed by atoms with Gasteiger partial charge in [-0.05, 0) is 12.5 Å². The molecule has 1 rings (SSSR count). The van der Waals surface area contributed by atoms with Crippen LogP contribution in [0.5, 0.6) is 0 Å². The molecule has 0 saturated carbocycles. The molecule has 0 fully saturated rings. The summed E-state index contributed by atoms with van der Waals surface area (Å²) in [6.07, 6.45) is 5.40. The molecule has 0 bridgehead atoms. The van der Waals surface area contributed by atoms with E-state index in [1.54, 1.807) is 20.3 Å². The van der Waals surface area contributed by atoms with Gasteiger partial charge in [0.05, 0.1) is 5.56 Å². The molecule has 0 N–H and O–H groups in total. The standard InChI is InChI=1S/C9H13N3OS2/c1-12(2)8(13)6-5-10-9(15-4)11-7(6)14-3/h5H,1-4H3. The highest BCUT2D eigenvalue weighted by Gasteiger charge is 2.15. The molecule has 0 aliphatic rings. The van der Waals surface area contributed by atoms with Crippen LogP contribution in [0, 0.1) is 0 Å². The Hall–Kier alpha value is -0.750. The second-order valence-electron chi connectivity index (χ2n) is 2.98. The van der Waals surface area contributed by atoms with Crippen molar-refractivity contribution in [1.82, 2.24) is 14.9 Å². The molecule has 1 amide bonds. The van der Waals surface area contributed by atoms with Crippen molar-refractivity contribution in [2.45, 2.75) is 10.2 Å². The summed E-state index contributed by atoms with van der Waals surface area (Å²) in [5.41, 5.74) is 0.560. The van der Waals surface area contributed by atoms with Crippen molar-refractivity contribution in [3.8, 4) is 0 Å². The summed E-state index contributed by atoms with van der Waals surface area (Å²) in [6, 6.07) is 0. The summed E-state index contributed by atoms with van der Waals surface area (Å²) in [5.74, 6) is -0.0630. The first-order valence-corrected chi connectivity index (χ1v) is 6.71. The van der Waals surface area contributed by atoms with Gasteiger partial charge >= 0.3 is 0 Å². The molecule has 15 heavy (non-hydrogen) atoms. The van der Waals surface area contributed by atoms with Crippen molar-refractivity contribution in [3.05, 3.63) is 11.8 Å². The van der Waals surface area contributed by atoms with Crippen molar-refractivity contribution < 1.29 is 4.79 Å². The van der Waals surface area contributed by atoms with Gasteiger partial charge in [-0.1, -0.05) is 11.8 Å². The Balaban J connectivity index is 3.13. The van der Waals surface area contributed by atoms with Crippen molar-refractivity contribution in [1.29, 1.82) is 0 Å². The van der Waals surface area contributed by atoms with E-state index in [4.69, 9.17) is 0 Å². The number of nitrogens with zero attached hydrogens (tertiary/aromatic N) is 3. The van der Waals surface area contributed by atoms with Crippen LogP contribution >= 0.6 is 23.5 Å². The fourth-order valence-corrected chi connectivity index (χ4v) is 1.93. The van der Waals surface area contributed by atoms with Crippen molar-refractivity contribution >= 4 is 29.4 Å². The molecule has 1 heterocycles. The van der Waals surface area contributed by atoms with Crippen LogP contribution in [0.1, 0.15) is 10.4 Å². The number of thioether (sulfide) groups is 2. The van der Waals surface area contributed by atoms with Crippen molar-refractivity contribution in [3.63, 3.8) is 0 Å². The van der Waals surface area contributed by atoms with Gasteiger partial charge in [0.25, 0.3) is 5.91 Å². The minimum Gasteiger partial charge on any atom is -0.345 e. The van der Waals surface area contributed by atoms with E-state index in [0.717, 1.165) is 5.03 Å². The van der Waals surface area contributed by atoms with E-state index in [9.17, 15) is 4.79 Å². The van der Waals surface area contributed by atoms with Crippen LogP contribution in [0.25, 0.3) is 0 Å². The minimum absolute atomic E-state index is 0.0630. The second-order valence-corrected chi connectivity index (χ2v) is 4.55. The quantitative estimate of drug-likeness (QED) is 0.458. The average molecular weight is 243 g/mol. The second kappa shape index (κ2) is 5.37. The lowest BCUT2D eigenvalue weighted by Crippen LogP contribution is -2.23. The van der Waals surface area contributed by atoms with Gasteiger partial charge in [-0.2, -0.15) is 0 Å². The van der Waals surface area contributed by atoms with Crippen LogP contribution in [0.15, 0.2) is 16.4 Å². The Morgan fingerprint density at radius 2 is 2.00 bits per heavy atom. The molecule has 0 unspecified atom stereocenters. The lowest BCUT2D eigenvalue weighted by Gasteiger charge is -2.12. The summed E-state index contributed by atoms with van der Waals surface area (Å²) in [5, 5.41) is 1.42. The molecule has 0 spiro atoms. The zero-order chi connectivity index (χ0) is 11.4. The molecule has 0 aliphatic carbocycles. The first-order valence-electron chi connectivity index (χ1n) is 4.26. The van der Waals surface area contributed by atoms with Crippen LogP contribution in [0.4, 0.5) is 0 Å². The molecule has 4 nitrogen and oxygen atoms in total. The van der Waals surface area contributed by atoms with Gasteiger partial charge in [-0.3, -0.25) is 4.79 Å². The molecule has 0 atom stereocenters. The van der Waals surface area contributed by atoms with Crippen LogP contribution in [-0.4, -0.2) is 47.4 Å². The number of amides is 1. The molecule has 0 saturated heterocycles. The molecule has 0 radical (unpaired) electrons. The molecule has 0 aliphatic heterocycles. The Morgan fingerprint density at radius 3 is 2.47 bits per heavy atom. The largest absolute Gasteiger partial charge is 0.345 e. The number of carbonyl (C=O) groups excluding carboxylic acids is 1. The topological polar surface area (TPSA) is 46.1 Å². The average Bonchev–Trinajstić information content (AvgIpc) is 2.27. The van der Waals surface area contributed by atoms with Crippen molar-refractivity contribution in [2.75, 3.05) is 26.6 Å². The molecule has 1 aromatic rings. The summed E-state index contributed by atoms with van der Waals surface area (Å²) in [7, 11) is 3.43. The zero-order valence-electron chi connectivity index (χ0n) is 9.14. The lowest BCUT2D eigenvalue weighted by atomic mass is 10.3. The van der Waals surface area contributed by atoms with Gasteiger partial charge in [-0.15, -0.1) is 11.8 Å². The molecule has 1 aromatic heterocycles. The van der Waals surface area contributed by atoms with Gasteiger partial charge in [0.2, 0.25) is 0 Å². The van der Waals surface area contributed by atoms with Gasteiger partial charge < -0.3 is 4.90 Å². The van der Waals surface area contributed by atoms with E-state index < -0.39 is 0 Å². The highest BCUT2D eigenvalue weighted by atomic mass is 32.2. The first kappa shape index (κ1) is 12.3. The van der Waals surface area contributed by atoms with E-state index in [0.29, 0.717) is 10.7 Å². The van der Waals surface area contributed by atoms with Crippen LogP contribution in [-0.2, 0) is 0 Å². The Kier molecular flexibility index (Phi) is 4.41. The van der Waals surface area contributed by atoms with Gasteiger partial charge in [0.1, 0.15) is 5.03 Å². The predicted molar refractivity (Wildman–Crippen MR) is 63.6 cm³/mol. The number of carbonyl (C=O) groups is 1. The molecule has 6 heteroatoms. The third kappa shape index (κ3) is 2.85. The maximum Gasteiger partial charge on any atom is 0.257 e. The number of hydrogen-bond acceptors (Lipinski definition) is 5. The summed E-state index contributed by atoms with van der Waals surface area (Å²) >= 11 is 2.93. The smallest absolute Gasteiger partial charge is 0.257 e. The predicted octanol–water partition coefficient (Wildman–Crippen LogP) is 1.62. The first-order chi connectivity index (χ1) is 7.10. The zero-order valence-corrected chi connectivity index (χ0v) is 10.8. The van der Waals surface area contributed by atoms with Crippen LogP contribution in [0.3, 0.4) is 0 Å². The molecular formula is C9H13N3OS2. The Bertz CT molecular complexity index is 368. The SMILES string of the molecule is CSc1ncc(C(=O)N(C)C)c(SC)n1. The third-order valence-corrected chi connectivity index (χ3v) is 3.00. The summed E-state index contributed by atoms with van der Waals surface area (Å²) < 4.78 is 0. The molecule has 82 valence electrons. The molecule has 0 aromatic carbocycles. The maximum atomic E-state index is 11.7. The summed E-state index contributed by atoms with van der Waals surface area (Å²) in [6.45, 7) is 0. The fourth-order valence-electron chi connectivity index (χ4n) is 0.992. The number of hydrogen-bond donors (Lipinski definition) is 0. The van der Waals surface area contributed by atoms with Crippen molar-refractivity contribution in [2.24, 2.45) is 0 Å². The van der Waals surface area contributed by atoms with Gasteiger partial charge in [0.15, 0.2) is 5.16 Å². The minimum atomic E-state index is -0.0630. The normalized spacial score (nSPS) is 10.1. The Labute approximate surface area is 97.9 Å². The van der Waals surface area contributed by atoms with E-state index >= 15 is 0 Å². The van der Waals surface area contributed by atoms with E-state index in [1.165, 1.54) is 28.4 Å². The highest BCUT2D eigenvalue weighted by Crippen LogP contribution is 2.20. The third-order valence-electron chi connectivity index (χ3n) is 1.74. The lowest BCUT2D eigenvalue weighted by molar-refractivity contribution is 0.0822. The summed E-state index contributed by atoms with van der Waals surface area (Å²) in [4.78, 5) is 21.7. The monoisotopic (exact) mass is 243 g/mol. The number of aromatic nitrogens is 2. The van der Waals surface area contributed by atoms with E-state index in [-0.39, 0.29) is 5.91 Å². The molecular weight excluding hydrogens is 230 g/mol. The maximum absolute atomic E-state index is 11.7. The number of rotatable bonds is 3. The van der Waals surface area contributed by atoms with Gasteiger partial charge in [-0.25, -0.2) is 9.97 Å². The van der Waals surface area contributed by atoms with Crippen LogP contribution in [0.2, 0.25) is 0 Å². The highest BCUT2D eigenvalue weighted by molar-refractivity contribution is 7.99. The van der Waals surface area contributed by atoms with E-state index in [2.05, 4.69) is 9.97 Å². The van der Waals surface area contributed by atoms with Gasteiger partial charge in [0, 0.05) is 20.3 Å². The van der Waals surface area contributed by atoms with E-state index in [1.807, 2.05) is 12.5 Å².